The maximum Gasteiger partial charge on any atom is 0.343 e. The fourth-order valence-electron chi connectivity index (χ4n) is 11.8. The van der Waals surface area contributed by atoms with Crippen molar-refractivity contribution in [2.75, 3.05) is 13.2 Å². The average molecular weight is 1360 g/mol. The van der Waals surface area contributed by atoms with Crippen LogP contribution in [-0.4, -0.2) is 37.4 Å². The number of hydrogen-bond acceptors (Lipinski definition) is 10. The van der Waals surface area contributed by atoms with Crippen molar-refractivity contribution in [3.05, 3.63) is 193 Å². The van der Waals surface area contributed by atoms with Crippen LogP contribution < -0.4 is 28.4 Å². The zero-order valence-corrected chi connectivity index (χ0v) is 62.1. The Hall–Kier alpha value is -7.98. The van der Waals surface area contributed by atoms with E-state index in [0.29, 0.717) is 35.8 Å². The third-order valence-electron chi connectivity index (χ3n) is 18.0. The molecule has 0 aliphatic heterocycles. The van der Waals surface area contributed by atoms with Gasteiger partial charge in [0.05, 0.1) is 36.5 Å². The molecule has 100 heavy (non-hydrogen) atoms. The van der Waals surface area contributed by atoms with Gasteiger partial charge in [0.1, 0.15) is 34.4 Å². The Labute approximate surface area is 603 Å². The maximum absolute atomic E-state index is 14.0. The summed E-state index contributed by atoms with van der Waals surface area (Å²) in [6.45, 7) is 14.4. The zero-order chi connectivity index (χ0) is 70.7. The summed E-state index contributed by atoms with van der Waals surface area (Å²) in [7, 11) is 0. The molecule has 0 radical (unpaired) electrons. The maximum atomic E-state index is 14.0. The largest absolute Gasteiger partial charge is 0.494 e. The number of ether oxygens (including phenoxy) is 6. The highest BCUT2D eigenvalue weighted by molar-refractivity contribution is 5.93. The Morgan fingerprint density at radius 1 is 0.330 bits per heavy atom. The highest BCUT2D eigenvalue weighted by Gasteiger charge is 2.19. The van der Waals surface area contributed by atoms with Crippen LogP contribution >= 0.6 is 0 Å². The lowest BCUT2D eigenvalue weighted by molar-refractivity contribution is 0.0725. The van der Waals surface area contributed by atoms with Crippen LogP contribution in [0.2, 0.25) is 0 Å². The minimum absolute atomic E-state index is 0.0676. The number of azo groups is 1. The summed E-state index contributed by atoms with van der Waals surface area (Å²) < 4.78 is 37.4. The quantitative estimate of drug-likeness (QED) is 0.0122. The molecule has 2 atom stereocenters. The first-order valence-electron chi connectivity index (χ1n) is 38.9. The first-order chi connectivity index (χ1) is 49.2. The number of carbonyl (C=O) groups excluding carboxylic acids is 2. The summed E-state index contributed by atoms with van der Waals surface area (Å²) in [5.74, 6) is 2.05. The summed E-state index contributed by atoms with van der Waals surface area (Å²) >= 11 is 0. The molecular weight excluding hydrogens is 1240 g/mol. The lowest BCUT2D eigenvalue weighted by atomic mass is 10.0. The molecule has 0 heterocycles. The number of hydrogen-bond donors (Lipinski definition) is 0. The van der Waals surface area contributed by atoms with Crippen LogP contribution in [0, 0.1) is 0 Å². The molecule has 0 unspecified atom stereocenters. The minimum Gasteiger partial charge on any atom is -0.494 e. The molecule has 6 aromatic carbocycles. The van der Waals surface area contributed by atoms with E-state index in [0.717, 1.165) is 111 Å². The molecule has 0 amide bonds. The molecule has 10 nitrogen and oxygen atoms in total. The molecule has 0 aliphatic carbocycles. The Kier molecular flexibility index (Phi) is 41.5. The number of nitrogens with zero attached hydrogens (tertiary/aromatic N) is 2. The van der Waals surface area contributed by atoms with Gasteiger partial charge in [0.15, 0.2) is 11.5 Å². The van der Waals surface area contributed by atoms with E-state index in [1.165, 1.54) is 141 Å². The van der Waals surface area contributed by atoms with E-state index in [2.05, 4.69) is 90.2 Å². The van der Waals surface area contributed by atoms with Crippen molar-refractivity contribution in [1.29, 1.82) is 0 Å². The topological polar surface area (TPSA) is 114 Å². The highest BCUT2D eigenvalue weighted by Crippen LogP contribution is 2.39. The molecule has 0 bridgehead atoms. The molecule has 0 aliphatic rings. The van der Waals surface area contributed by atoms with Crippen LogP contribution in [0.4, 0.5) is 11.4 Å². The lowest BCUT2D eigenvalue weighted by Crippen LogP contribution is -2.12. The van der Waals surface area contributed by atoms with E-state index in [-0.39, 0.29) is 35.1 Å². The molecule has 0 spiro atoms. The lowest BCUT2D eigenvalue weighted by Gasteiger charge is -2.16. The third-order valence-corrected chi connectivity index (χ3v) is 18.0. The van der Waals surface area contributed by atoms with Crippen LogP contribution in [0.1, 0.15) is 281 Å². The smallest absolute Gasteiger partial charge is 0.343 e. The Balaban J connectivity index is 1.05. The molecular formula is C90H122N2O8. The summed E-state index contributed by atoms with van der Waals surface area (Å²) in [5, 5.41) is 9.46. The zero-order valence-electron chi connectivity index (χ0n) is 62.1. The van der Waals surface area contributed by atoms with Crippen molar-refractivity contribution in [3.63, 3.8) is 0 Å². The second kappa shape index (κ2) is 51.2. The van der Waals surface area contributed by atoms with Gasteiger partial charge in [-0.1, -0.05) is 240 Å². The van der Waals surface area contributed by atoms with Gasteiger partial charge in [0.25, 0.3) is 0 Å². The number of benzene rings is 6. The fraction of sp³-hybridized carbons (Fsp3) is 0.489. The molecule has 6 aromatic rings. The number of unbranched alkanes of at least 4 members (excludes halogenated alkanes) is 24. The predicted molar refractivity (Wildman–Crippen MR) is 418 cm³/mol. The molecule has 0 aromatic heterocycles. The number of rotatable bonds is 54. The van der Waals surface area contributed by atoms with Gasteiger partial charge in [0, 0.05) is 12.1 Å². The van der Waals surface area contributed by atoms with Gasteiger partial charge in [-0.15, -0.1) is 10.2 Å². The molecule has 0 saturated carbocycles. The van der Waals surface area contributed by atoms with Crippen molar-refractivity contribution in [2.45, 2.75) is 272 Å². The Morgan fingerprint density at radius 3 is 0.970 bits per heavy atom. The van der Waals surface area contributed by atoms with Gasteiger partial charge < -0.3 is 28.4 Å². The molecule has 540 valence electrons. The molecule has 0 N–H and O–H groups in total. The van der Waals surface area contributed by atoms with Gasteiger partial charge in [0.2, 0.25) is 0 Å². The number of carbonyl (C=O) groups is 2. The Bertz CT molecular complexity index is 3090. The van der Waals surface area contributed by atoms with Gasteiger partial charge in [-0.3, -0.25) is 0 Å². The first kappa shape index (κ1) is 81.0. The van der Waals surface area contributed by atoms with E-state index in [9.17, 15) is 9.59 Å². The monoisotopic (exact) mass is 1360 g/mol. The van der Waals surface area contributed by atoms with Crippen LogP contribution in [0.15, 0.2) is 192 Å². The van der Waals surface area contributed by atoms with Crippen LogP contribution in [-0.2, 0) is 0 Å². The standard InChI is InChI=1S/C90H122N2O8/c1-7-11-15-19-21-23-25-27-29-31-33-35-37-39-41-45-69-95-81-61-57-77(58-62-81)75-49-53-79(54-50-75)89(93)99-87-67-65-83(97-73(5)47-43-17-13-9-3)71-85(87)91-92-86-72-84(98-74(6)48-44-18-14-10-4)66-68-88(86)100-90(94)80-55-51-76(52-56-80)78-59-63-82(64-60-78)96-70-46-42-40-38-36-34-32-30-28-26-24-22-20-16-12-8-2/h21-24,27-30,49-68,71-74H,7-20,25-26,31-48,69-70H2,1-6H3/b23-21-,24-22-,29-27-,30-28-,92-91?/t73-,74-/m0/s1. The highest BCUT2D eigenvalue weighted by atomic mass is 16.5. The second-order valence-electron chi connectivity index (χ2n) is 26.9. The first-order valence-corrected chi connectivity index (χ1v) is 38.9. The molecule has 0 fully saturated rings. The van der Waals surface area contributed by atoms with Crippen LogP contribution in [0.25, 0.3) is 22.3 Å². The van der Waals surface area contributed by atoms with E-state index in [1.807, 2.05) is 72.8 Å². The number of allylic oxidation sites excluding steroid dienone is 8. The SMILES string of the molecule is CCCCC/C=C\C/C=C\CCCCCCCCOc1ccc(-c2ccc(C(=O)Oc3ccc(O[C@@H](C)CCCCCC)cc3N=Nc3cc(O[C@@H](C)CCCCCC)ccc3OC(=O)c3ccc(-c4ccc(OCCCCCCCC/C=C\C/C=C\CCCCC)cc4)cc3)cc2)cc1. The van der Waals surface area contributed by atoms with Crippen molar-refractivity contribution >= 4 is 23.3 Å². The van der Waals surface area contributed by atoms with Crippen molar-refractivity contribution in [1.82, 2.24) is 0 Å². The molecule has 6 rings (SSSR count). The molecule has 0 saturated heterocycles. The normalized spacial score (nSPS) is 12.3. The van der Waals surface area contributed by atoms with Gasteiger partial charge in [-0.05, 0) is 212 Å². The average Bonchev–Trinajstić information content (AvgIpc) is 0.836. The van der Waals surface area contributed by atoms with E-state index >= 15 is 0 Å². The van der Waals surface area contributed by atoms with Gasteiger partial charge >= 0.3 is 11.9 Å². The summed E-state index contributed by atoms with van der Waals surface area (Å²) in [6.07, 6.45) is 58.4. The third kappa shape index (κ3) is 33.9. The van der Waals surface area contributed by atoms with E-state index in [1.54, 1.807) is 60.7 Å². The summed E-state index contributed by atoms with van der Waals surface area (Å²) in [6, 6.07) is 41.4. The summed E-state index contributed by atoms with van der Waals surface area (Å²) in [5.41, 5.74) is 5.18. The predicted octanol–water partition coefficient (Wildman–Crippen LogP) is 27.7. The summed E-state index contributed by atoms with van der Waals surface area (Å²) in [4.78, 5) is 28.1. The molecule has 10 heteroatoms. The van der Waals surface area contributed by atoms with Crippen LogP contribution in [0.3, 0.4) is 0 Å². The van der Waals surface area contributed by atoms with Gasteiger partial charge in [-0.25, -0.2) is 9.59 Å². The minimum atomic E-state index is -0.558. The van der Waals surface area contributed by atoms with Crippen LogP contribution in [0.5, 0.6) is 34.5 Å². The van der Waals surface area contributed by atoms with Gasteiger partial charge in [-0.2, -0.15) is 0 Å². The van der Waals surface area contributed by atoms with Crippen molar-refractivity contribution in [2.24, 2.45) is 10.2 Å². The number of esters is 2. The van der Waals surface area contributed by atoms with Crippen molar-refractivity contribution in [3.8, 4) is 56.8 Å². The van der Waals surface area contributed by atoms with Crippen molar-refractivity contribution < 1.29 is 38.0 Å². The van der Waals surface area contributed by atoms with E-state index in [4.69, 9.17) is 38.6 Å². The van der Waals surface area contributed by atoms with E-state index < -0.39 is 11.9 Å². The second-order valence-corrected chi connectivity index (χ2v) is 26.9. The fourth-order valence-corrected chi connectivity index (χ4v) is 11.8. The Morgan fingerprint density at radius 2 is 0.620 bits per heavy atom.